The van der Waals surface area contributed by atoms with Crippen LogP contribution in [0.1, 0.15) is 18.9 Å². The van der Waals surface area contributed by atoms with Gasteiger partial charge in [0, 0.05) is 18.4 Å². The number of benzene rings is 1. The van der Waals surface area contributed by atoms with Crippen LogP contribution in [0.3, 0.4) is 0 Å². The molecule has 0 radical (unpaired) electrons. The van der Waals surface area contributed by atoms with Crippen LogP contribution < -0.4 is 20.9 Å². The molecule has 2 rings (SSSR count). The number of hydrogen-bond acceptors (Lipinski definition) is 4. The van der Waals surface area contributed by atoms with Crippen molar-refractivity contribution in [1.29, 1.82) is 0 Å². The first-order chi connectivity index (χ1) is 11.5. The van der Waals surface area contributed by atoms with Gasteiger partial charge in [0.2, 0.25) is 5.91 Å². The van der Waals surface area contributed by atoms with Gasteiger partial charge in [0.25, 0.3) is 5.56 Å². The summed E-state index contributed by atoms with van der Waals surface area (Å²) in [4.78, 5) is 26.8. The predicted octanol–water partition coefficient (Wildman–Crippen LogP) is 2.03. The number of rotatable bonds is 7. The highest BCUT2D eigenvalue weighted by atomic mass is 19.1. The van der Waals surface area contributed by atoms with Gasteiger partial charge in [-0.25, -0.2) is 4.39 Å². The van der Waals surface area contributed by atoms with Crippen molar-refractivity contribution in [3.63, 3.8) is 0 Å². The smallest absolute Gasteiger partial charge is 0.256 e. The molecule has 2 aromatic rings. The predicted molar refractivity (Wildman–Crippen MR) is 89.6 cm³/mol. The Kier molecular flexibility index (Phi) is 6.08. The summed E-state index contributed by atoms with van der Waals surface area (Å²) < 4.78 is 18.1. The minimum Gasteiger partial charge on any atom is -0.496 e. The van der Waals surface area contributed by atoms with Crippen LogP contribution >= 0.6 is 0 Å². The Balaban J connectivity index is 2.03. The van der Waals surface area contributed by atoms with Gasteiger partial charge in [-0.05, 0) is 36.8 Å². The zero-order chi connectivity index (χ0) is 17.5. The number of halogens is 1. The third-order valence-electron chi connectivity index (χ3n) is 3.60. The van der Waals surface area contributed by atoms with Crippen LogP contribution in [0, 0.1) is 5.82 Å². The van der Waals surface area contributed by atoms with Crippen molar-refractivity contribution in [2.75, 3.05) is 12.4 Å². The lowest BCUT2D eigenvalue weighted by Crippen LogP contribution is -2.40. The molecule has 0 spiro atoms. The Hall–Kier alpha value is -2.67. The number of ether oxygens (including phenoxy) is 1. The number of aromatic nitrogens is 1. The van der Waals surface area contributed by atoms with E-state index in [1.165, 1.54) is 37.6 Å². The molecule has 0 saturated carbocycles. The van der Waals surface area contributed by atoms with Gasteiger partial charge >= 0.3 is 0 Å². The van der Waals surface area contributed by atoms with Crippen molar-refractivity contribution in [2.45, 2.75) is 25.9 Å². The van der Waals surface area contributed by atoms with Gasteiger partial charge in [0.1, 0.15) is 11.6 Å². The van der Waals surface area contributed by atoms with Crippen LogP contribution in [0.2, 0.25) is 0 Å². The maximum absolute atomic E-state index is 12.9. The van der Waals surface area contributed by atoms with Crippen LogP contribution in [0.5, 0.6) is 5.75 Å². The first kappa shape index (κ1) is 17.7. The number of amides is 1. The molecule has 0 aliphatic carbocycles. The molecule has 7 heteroatoms. The summed E-state index contributed by atoms with van der Waals surface area (Å²) in [5.41, 5.74) is 0.667. The van der Waals surface area contributed by atoms with Crippen LogP contribution in [0.25, 0.3) is 0 Å². The van der Waals surface area contributed by atoms with Crippen molar-refractivity contribution < 1.29 is 13.9 Å². The molecule has 1 atom stereocenters. The molecule has 1 aromatic heterocycles. The van der Waals surface area contributed by atoms with Crippen molar-refractivity contribution in [3.05, 3.63) is 58.3 Å². The SMILES string of the molecule is CCC(NCc1c(OC)cc[nH]c1=O)C(=O)Nc1ccc(F)cc1. The van der Waals surface area contributed by atoms with Crippen LogP contribution in [-0.2, 0) is 11.3 Å². The highest BCUT2D eigenvalue weighted by Gasteiger charge is 2.17. The fourth-order valence-corrected chi connectivity index (χ4v) is 2.26. The van der Waals surface area contributed by atoms with E-state index in [2.05, 4.69) is 15.6 Å². The van der Waals surface area contributed by atoms with Gasteiger partial charge in [-0.15, -0.1) is 0 Å². The zero-order valence-electron chi connectivity index (χ0n) is 13.6. The molecular weight excluding hydrogens is 313 g/mol. The van der Waals surface area contributed by atoms with Gasteiger partial charge < -0.3 is 20.4 Å². The van der Waals surface area contributed by atoms with Crippen molar-refractivity contribution in [3.8, 4) is 5.75 Å². The topological polar surface area (TPSA) is 83.2 Å². The molecule has 128 valence electrons. The summed E-state index contributed by atoms with van der Waals surface area (Å²) >= 11 is 0. The molecule has 0 aliphatic heterocycles. The van der Waals surface area contributed by atoms with E-state index in [0.717, 1.165) is 0 Å². The summed E-state index contributed by atoms with van der Waals surface area (Å²) in [7, 11) is 1.48. The molecule has 1 aromatic carbocycles. The molecule has 0 aliphatic rings. The number of nitrogens with one attached hydrogen (secondary N) is 3. The Morgan fingerprint density at radius 2 is 2.00 bits per heavy atom. The Morgan fingerprint density at radius 3 is 2.62 bits per heavy atom. The second-order valence-corrected chi connectivity index (χ2v) is 5.19. The molecular formula is C17H20FN3O3. The molecule has 1 unspecified atom stereocenters. The minimum absolute atomic E-state index is 0.189. The fraction of sp³-hybridized carbons (Fsp3) is 0.294. The number of H-pyrrole nitrogens is 1. The second-order valence-electron chi connectivity index (χ2n) is 5.19. The van der Waals surface area contributed by atoms with Gasteiger partial charge in [0.05, 0.1) is 18.7 Å². The average Bonchev–Trinajstić information content (AvgIpc) is 2.58. The first-order valence-electron chi connectivity index (χ1n) is 7.59. The molecule has 1 amide bonds. The zero-order valence-corrected chi connectivity index (χ0v) is 13.6. The minimum atomic E-state index is -0.501. The van der Waals surface area contributed by atoms with Crippen molar-refractivity contribution in [2.24, 2.45) is 0 Å². The number of carbonyl (C=O) groups excluding carboxylic acids is 1. The Bertz CT molecular complexity index is 743. The quantitative estimate of drug-likeness (QED) is 0.724. The van der Waals surface area contributed by atoms with Gasteiger partial charge in [-0.1, -0.05) is 6.92 Å². The van der Waals surface area contributed by atoms with E-state index in [1.54, 1.807) is 6.07 Å². The highest BCUT2D eigenvalue weighted by Crippen LogP contribution is 2.13. The number of anilines is 1. The third kappa shape index (κ3) is 4.42. The summed E-state index contributed by atoms with van der Waals surface area (Å²) in [5, 5.41) is 5.76. The average molecular weight is 333 g/mol. The number of aromatic amines is 1. The second kappa shape index (κ2) is 8.26. The van der Waals surface area contributed by atoms with Crippen LogP contribution in [0.15, 0.2) is 41.3 Å². The molecule has 6 nitrogen and oxygen atoms in total. The largest absolute Gasteiger partial charge is 0.496 e. The maximum Gasteiger partial charge on any atom is 0.256 e. The van der Waals surface area contributed by atoms with Gasteiger partial charge in [0.15, 0.2) is 0 Å². The Morgan fingerprint density at radius 1 is 1.29 bits per heavy atom. The standard InChI is InChI=1S/C17H20FN3O3/c1-3-14(17(23)21-12-6-4-11(18)5-7-12)20-10-13-15(24-2)8-9-19-16(13)22/h4-9,14,20H,3,10H2,1-2H3,(H,19,22)(H,21,23). The van der Waals surface area contributed by atoms with E-state index in [0.29, 0.717) is 23.4 Å². The van der Waals surface area contributed by atoms with Gasteiger partial charge in [-0.3, -0.25) is 9.59 Å². The molecule has 0 fully saturated rings. The highest BCUT2D eigenvalue weighted by molar-refractivity contribution is 5.94. The number of carbonyl (C=O) groups is 1. The fourth-order valence-electron chi connectivity index (χ4n) is 2.26. The monoisotopic (exact) mass is 333 g/mol. The Labute approximate surface area is 139 Å². The number of methoxy groups -OCH3 is 1. The summed E-state index contributed by atoms with van der Waals surface area (Å²) in [6.45, 7) is 2.04. The van der Waals surface area contributed by atoms with Crippen molar-refractivity contribution in [1.82, 2.24) is 10.3 Å². The van der Waals surface area contributed by atoms with Crippen molar-refractivity contribution >= 4 is 11.6 Å². The lowest BCUT2D eigenvalue weighted by molar-refractivity contribution is -0.118. The lowest BCUT2D eigenvalue weighted by Gasteiger charge is -2.17. The van der Waals surface area contributed by atoms with E-state index in [9.17, 15) is 14.0 Å². The van der Waals surface area contributed by atoms with E-state index in [4.69, 9.17) is 4.74 Å². The molecule has 3 N–H and O–H groups in total. The molecule has 24 heavy (non-hydrogen) atoms. The van der Waals surface area contributed by atoms with Crippen LogP contribution in [0.4, 0.5) is 10.1 Å². The number of pyridine rings is 1. The number of hydrogen-bond donors (Lipinski definition) is 3. The maximum atomic E-state index is 12.9. The molecule has 1 heterocycles. The third-order valence-corrected chi connectivity index (χ3v) is 3.60. The molecule has 0 bridgehead atoms. The van der Waals surface area contributed by atoms with Crippen LogP contribution in [-0.4, -0.2) is 24.0 Å². The first-order valence-corrected chi connectivity index (χ1v) is 7.59. The summed E-state index contributed by atoms with van der Waals surface area (Å²) in [6, 6.07) is 6.68. The summed E-state index contributed by atoms with van der Waals surface area (Å²) in [5.74, 6) is -0.163. The lowest BCUT2D eigenvalue weighted by atomic mass is 10.1. The molecule has 0 saturated heterocycles. The normalized spacial score (nSPS) is 11.8. The van der Waals surface area contributed by atoms with E-state index in [1.807, 2.05) is 6.92 Å². The van der Waals surface area contributed by atoms with E-state index >= 15 is 0 Å². The van der Waals surface area contributed by atoms with Gasteiger partial charge in [-0.2, -0.15) is 0 Å². The summed E-state index contributed by atoms with van der Waals surface area (Å²) in [6.07, 6.45) is 2.03. The van der Waals surface area contributed by atoms with E-state index < -0.39 is 6.04 Å². The van der Waals surface area contributed by atoms with E-state index in [-0.39, 0.29) is 23.8 Å².